The number of rotatable bonds is 16. The van der Waals surface area contributed by atoms with Crippen molar-refractivity contribution in [2.24, 2.45) is 0 Å². The fourth-order valence-corrected chi connectivity index (χ4v) is 13.6. The maximum Gasteiger partial charge on any atom is 0.500 e. The van der Waals surface area contributed by atoms with Gasteiger partial charge in [0.25, 0.3) is 0 Å². The highest BCUT2D eigenvalue weighted by atomic mass is 31.1. The lowest BCUT2D eigenvalue weighted by atomic mass is 10.2. The number of nitrogens with one attached hydrogen (secondary N) is 1. The van der Waals surface area contributed by atoms with Gasteiger partial charge in [0.05, 0.1) is 37.9 Å². The van der Waals surface area contributed by atoms with Crippen molar-refractivity contribution in [1.82, 2.24) is 4.98 Å². The Morgan fingerprint density at radius 1 is 0.481 bits per heavy atom. The Balaban J connectivity index is 0.000000212. The molecule has 0 saturated carbocycles. The van der Waals surface area contributed by atoms with E-state index in [9.17, 15) is 0 Å². The SMILES string of the molecule is CO[Si](CCP(c1ccccc1)c1ccccc1)(OC)OC.COc1ccc2[nH]c(CCP(c3ccccc3)c3ccccc3)c(OC)c2c1OC. The first-order chi connectivity index (χ1) is 25.5. The zero-order chi connectivity index (χ0) is 36.8. The first-order valence-corrected chi connectivity index (χ1v) is 22.2. The van der Waals surface area contributed by atoms with Crippen LogP contribution in [-0.4, -0.2) is 68.8 Å². The second kappa shape index (κ2) is 19.7. The molecule has 0 spiro atoms. The molecule has 5 aromatic carbocycles. The third-order valence-electron chi connectivity index (χ3n) is 8.97. The number of benzene rings is 5. The van der Waals surface area contributed by atoms with Crippen LogP contribution in [0.1, 0.15) is 5.69 Å². The molecule has 0 aliphatic carbocycles. The van der Waals surface area contributed by atoms with E-state index in [1.54, 1.807) is 42.7 Å². The van der Waals surface area contributed by atoms with E-state index in [2.05, 4.69) is 126 Å². The number of hydrogen-bond donors (Lipinski definition) is 1. The van der Waals surface area contributed by atoms with Gasteiger partial charge in [0.1, 0.15) is 0 Å². The van der Waals surface area contributed by atoms with E-state index in [0.717, 1.165) is 47.1 Å². The summed E-state index contributed by atoms with van der Waals surface area (Å²) >= 11 is 0. The van der Waals surface area contributed by atoms with E-state index >= 15 is 0 Å². The average molecular weight is 754 g/mol. The third-order valence-corrected chi connectivity index (χ3v) is 17.1. The quantitative estimate of drug-likeness (QED) is 0.0802. The van der Waals surface area contributed by atoms with Gasteiger partial charge in [-0.2, -0.15) is 0 Å². The van der Waals surface area contributed by atoms with Crippen LogP contribution in [-0.2, 0) is 19.7 Å². The number of H-pyrrole nitrogens is 1. The summed E-state index contributed by atoms with van der Waals surface area (Å²) in [7, 11) is 6.60. The monoisotopic (exact) mass is 753 g/mol. The number of ether oxygens (including phenoxy) is 3. The van der Waals surface area contributed by atoms with Crippen molar-refractivity contribution in [3.05, 3.63) is 139 Å². The predicted octanol–water partition coefficient (Wildman–Crippen LogP) is 7.87. The minimum absolute atomic E-state index is 0.438. The molecule has 0 bridgehead atoms. The van der Waals surface area contributed by atoms with Crippen LogP contribution in [0.3, 0.4) is 0 Å². The standard InChI is InChI=1S/C25H26NO3P.C17H23O3PSi/c1-27-22-15-14-20-23(25(22)29-3)24(28-2)21(26-20)16-17-30(18-10-6-4-7-11-18)19-12-8-5-9-13-19;1-18-22(19-2,20-3)15-14-21(16-10-6-4-7-11-16)17-12-8-5-9-13-17/h4-15,26H,16-17H2,1-3H3;4-13H,14-15H2,1-3H3. The summed E-state index contributed by atoms with van der Waals surface area (Å²) in [6, 6.07) is 47.6. The molecule has 0 saturated heterocycles. The molecule has 0 amide bonds. The fraction of sp³-hybridized carbons (Fsp3) is 0.238. The Hall–Kier alpha value is -4.00. The zero-order valence-corrected chi connectivity index (χ0v) is 33.7. The first-order valence-electron chi connectivity index (χ1n) is 17.2. The second-order valence-corrected chi connectivity index (χ2v) is 19.6. The van der Waals surface area contributed by atoms with E-state index in [0.29, 0.717) is 11.5 Å². The average Bonchev–Trinajstić information content (AvgIpc) is 3.58. The van der Waals surface area contributed by atoms with Crippen LogP contribution in [0, 0.1) is 0 Å². The summed E-state index contributed by atoms with van der Waals surface area (Å²) in [4.78, 5) is 3.55. The van der Waals surface area contributed by atoms with Gasteiger partial charge in [-0.1, -0.05) is 121 Å². The molecule has 7 nitrogen and oxygen atoms in total. The normalized spacial score (nSPS) is 11.4. The second-order valence-electron chi connectivity index (χ2n) is 11.8. The predicted molar refractivity (Wildman–Crippen MR) is 221 cm³/mol. The number of aromatic amines is 1. The molecule has 0 fully saturated rings. The fourth-order valence-electron chi connectivity index (χ4n) is 6.30. The smallest absolute Gasteiger partial charge is 0.494 e. The van der Waals surface area contributed by atoms with Crippen molar-refractivity contribution in [2.75, 3.05) is 55.0 Å². The Morgan fingerprint density at radius 3 is 1.29 bits per heavy atom. The van der Waals surface area contributed by atoms with Crippen LogP contribution in [0.2, 0.25) is 6.04 Å². The van der Waals surface area contributed by atoms with Crippen LogP contribution in [0.25, 0.3) is 10.9 Å². The lowest BCUT2D eigenvalue weighted by Crippen LogP contribution is -2.43. The number of aryl methyl sites for hydroxylation is 1. The van der Waals surface area contributed by atoms with Gasteiger partial charge in [-0.25, -0.2) is 0 Å². The van der Waals surface area contributed by atoms with Gasteiger partial charge in [0.15, 0.2) is 17.2 Å². The Bertz CT molecular complexity index is 1840. The summed E-state index contributed by atoms with van der Waals surface area (Å²) in [5.41, 5.74) is 2.07. The molecule has 272 valence electrons. The summed E-state index contributed by atoms with van der Waals surface area (Å²) in [6.45, 7) is 0. The molecule has 0 unspecified atom stereocenters. The highest BCUT2D eigenvalue weighted by molar-refractivity contribution is 7.73. The van der Waals surface area contributed by atoms with E-state index in [4.69, 9.17) is 27.5 Å². The lowest BCUT2D eigenvalue weighted by molar-refractivity contribution is 0.125. The van der Waals surface area contributed by atoms with Crippen LogP contribution in [0.15, 0.2) is 133 Å². The van der Waals surface area contributed by atoms with Crippen LogP contribution >= 0.6 is 15.8 Å². The minimum atomic E-state index is -2.53. The van der Waals surface area contributed by atoms with Crippen molar-refractivity contribution in [3.8, 4) is 17.2 Å². The molecular formula is C42H49NO6P2Si. The highest BCUT2D eigenvalue weighted by Gasteiger charge is 2.38. The molecule has 1 aromatic heterocycles. The van der Waals surface area contributed by atoms with Crippen molar-refractivity contribution in [2.45, 2.75) is 12.5 Å². The number of methoxy groups -OCH3 is 3. The van der Waals surface area contributed by atoms with Gasteiger partial charge >= 0.3 is 8.80 Å². The molecule has 6 aromatic rings. The zero-order valence-electron chi connectivity index (χ0n) is 30.9. The molecule has 1 heterocycles. The van der Waals surface area contributed by atoms with Crippen molar-refractivity contribution >= 4 is 56.8 Å². The van der Waals surface area contributed by atoms with E-state index in [1.165, 1.54) is 21.2 Å². The van der Waals surface area contributed by atoms with Gasteiger partial charge in [-0.05, 0) is 67.9 Å². The first kappa shape index (κ1) is 39.2. The largest absolute Gasteiger partial charge is 0.500 e. The molecule has 0 aliphatic rings. The van der Waals surface area contributed by atoms with Crippen molar-refractivity contribution < 1.29 is 27.5 Å². The molecule has 52 heavy (non-hydrogen) atoms. The maximum absolute atomic E-state index is 5.82. The number of fused-ring (bicyclic) bond motifs is 1. The van der Waals surface area contributed by atoms with Gasteiger partial charge in [0, 0.05) is 27.4 Å². The maximum atomic E-state index is 5.82. The Labute approximate surface area is 312 Å². The third kappa shape index (κ3) is 9.50. The molecule has 1 N–H and O–H groups in total. The Morgan fingerprint density at radius 2 is 0.904 bits per heavy atom. The van der Waals surface area contributed by atoms with E-state index in [1.807, 2.05) is 12.1 Å². The molecule has 0 aliphatic heterocycles. The summed E-state index contributed by atoms with van der Waals surface area (Å²) in [6.07, 6.45) is 2.88. The van der Waals surface area contributed by atoms with Crippen LogP contribution < -0.4 is 35.4 Å². The molecule has 0 atom stereocenters. The van der Waals surface area contributed by atoms with Gasteiger partial charge < -0.3 is 32.5 Å². The van der Waals surface area contributed by atoms with Crippen LogP contribution in [0.5, 0.6) is 17.2 Å². The summed E-state index contributed by atoms with van der Waals surface area (Å²) in [5, 5.41) is 6.43. The summed E-state index contributed by atoms with van der Waals surface area (Å²) in [5.74, 6) is 2.23. The van der Waals surface area contributed by atoms with Gasteiger partial charge in [0.2, 0.25) is 0 Å². The minimum Gasteiger partial charge on any atom is -0.494 e. The molecule has 6 rings (SSSR count). The molecular weight excluding hydrogens is 704 g/mol. The molecule has 0 radical (unpaired) electrons. The topological polar surface area (TPSA) is 71.2 Å². The molecule has 10 heteroatoms. The highest BCUT2D eigenvalue weighted by Crippen LogP contribution is 2.44. The van der Waals surface area contributed by atoms with E-state index in [-0.39, 0.29) is 0 Å². The van der Waals surface area contributed by atoms with Gasteiger partial charge in [-0.3, -0.25) is 0 Å². The van der Waals surface area contributed by atoms with Crippen molar-refractivity contribution in [1.29, 1.82) is 0 Å². The number of hydrogen-bond acceptors (Lipinski definition) is 6. The van der Waals surface area contributed by atoms with Gasteiger partial charge in [-0.15, -0.1) is 0 Å². The van der Waals surface area contributed by atoms with E-state index < -0.39 is 24.6 Å². The van der Waals surface area contributed by atoms with Crippen LogP contribution in [0.4, 0.5) is 0 Å². The number of aromatic nitrogens is 1. The summed E-state index contributed by atoms with van der Waals surface area (Å²) < 4.78 is 33.6. The van der Waals surface area contributed by atoms with Crippen molar-refractivity contribution in [3.63, 3.8) is 0 Å². The Kier molecular flexibility index (Phi) is 14.9. The lowest BCUT2D eigenvalue weighted by Gasteiger charge is -2.27.